The fourth-order valence-corrected chi connectivity index (χ4v) is 5.29. The summed E-state index contributed by atoms with van der Waals surface area (Å²) in [5.74, 6) is 1.30. The molecule has 2 fully saturated rings. The van der Waals surface area contributed by atoms with E-state index in [-0.39, 0.29) is 17.0 Å². The molecule has 0 atom stereocenters. The molecule has 0 bridgehead atoms. The summed E-state index contributed by atoms with van der Waals surface area (Å²) in [7, 11) is 0. The van der Waals surface area contributed by atoms with Gasteiger partial charge in [0.05, 0.1) is 40.3 Å². The summed E-state index contributed by atoms with van der Waals surface area (Å²) in [4.78, 5) is 14.8. The first-order valence-electron chi connectivity index (χ1n) is 11.8. The molecule has 11 heteroatoms. The third-order valence-electron chi connectivity index (χ3n) is 6.82. The number of aromatic amines is 1. The zero-order valence-corrected chi connectivity index (χ0v) is 20.5. The van der Waals surface area contributed by atoms with E-state index in [2.05, 4.69) is 41.8 Å². The summed E-state index contributed by atoms with van der Waals surface area (Å²) in [5, 5.41) is 9.18. The third-order valence-corrected chi connectivity index (χ3v) is 7.29. The molecular weight excluding hydrogens is 504 g/mol. The second-order valence-corrected chi connectivity index (χ2v) is 9.85. The first-order valence-corrected chi connectivity index (χ1v) is 12.5. The Labute approximate surface area is 215 Å². The Kier molecular flexibility index (Phi) is 5.13. The van der Waals surface area contributed by atoms with E-state index in [9.17, 15) is 0 Å². The van der Waals surface area contributed by atoms with E-state index in [0.29, 0.717) is 40.7 Å². The maximum absolute atomic E-state index is 15.3. The lowest BCUT2D eigenvalue weighted by Gasteiger charge is -2.29. The number of hydrogen-bond donors (Lipinski definition) is 1. The van der Waals surface area contributed by atoms with Gasteiger partial charge >= 0.3 is 0 Å². The lowest BCUT2D eigenvalue weighted by molar-refractivity contribution is 0.122. The van der Waals surface area contributed by atoms with E-state index >= 15 is 4.39 Å². The second kappa shape index (κ2) is 8.40. The molecule has 5 aromatic rings. The standard InChI is InChI=1S/C25H20Cl2FN7O/c26-16-3-4-17(28)20-18(5-6-29-22(16)20)35-19-12-14(34-7-9-36-10-8-34)11-15(23-31-25(27)33-32-23)21(19)30-24(35)13-1-2-13/h3-6,11-13H,1-2,7-10H2,(H,31,32,33). The highest BCUT2D eigenvalue weighted by molar-refractivity contribution is 6.35. The molecule has 2 aliphatic rings. The normalized spacial score (nSPS) is 16.4. The Morgan fingerprint density at radius 3 is 2.61 bits per heavy atom. The lowest BCUT2D eigenvalue weighted by atomic mass is 10.1. The number of morpholine rings is 1. The second-order valence-electron chi connectivity index (χ2n) is 9.09. The highest BCUT2D eigenvalue weighted by Crippen LogP contribution is 2.45. The van der Waals surface area contributed by atoms with Crippen molar-refractivity contribution in [2.75, 3.05) is 31.2 Å². The zero-order chi connectivity index (χ0) is 24.4. The molecule has 182 valence electrons. The molecule has 3 aromatic heterocycles. The molecule has 0 unspecified atom stereocenters. The predicted octanol–water partition coefficient (Wildman–Crippen LogP) is 5.52. The summed E-state index contributed by atoms with van der Waals surface area (Å²) >= 11 is 12.5. The molecule has 1 saturated heterocycles. The van der Waals surface area contributed by atoms with Gasteiger partial charge in [-0.3, -0.25) is 9.55 Å². The zero-order valence-electron chi connectivity index (χ0n) is 19.0. The number of halogens is 3. The Balaban J connectivity index is 1.57. The minimum Gasteiger partial charge on any atom is -0.378 e. The number of pyridine rings is 1. The van der Waals surface area contributed by atoms with E-state index < -0.39 is 0 Å². The van der Waals surface area contributed by atoms with Gasteiger partial charge < -0.3 is 14.6 Å². The summed E-state index contributed by atoms with van der Waals surface area (Å²) < 4.78 is 22.9. The average molecular weight is 524 g/mol. The molecule has 0 radical (unpaired) electrons. The van der Waals surface area contributed by atoms with E-state index in [0.717, 1.165) is 54.0 Å². The van der Waals surface area contributed by atoms with E-state index in [1.54, 1.807) is 6.20 Å². The molecule has 1 aliphatic heterocycles. The van der Waals surface area contributed by atoms with Gasteiger partial charge in [0, 0.05) is 36.5 Å². The Bertz CT molecular complexity index is 1640. The smallest absolute Gasteiger partial charge is 0.222 e. The quantitative estimate of drug-likeness (QED) is 0.334. The number of nitrogens with zero attached hydrogens (tertiary/aromatic N) is 6. The van der Waals surface area contributed by atoms with Gasteiger partial charge in [-0.25, -0.2) is 9.37 Å². The third kappa shape index (κ3) is 3.53. The maximum Gasteiger partial charge on any atom is 0.222 e. The van der Waals surface area contributed by atoms with Crippen LogP contribution in [-0.2, 0) is 4.74 Å². The van der Waals surface area contributed by atoms with Gasteiger partial charge in [-0.1, -0.05) is 11.6 Å². The van der Waals surface area contributed by atoms with Gasteiger partial charge in [-0.2, -0.15) is 0 Å². The Hall–Kier alpha value is -3.27. The molecule has 1 N–H and O–H groups in total. The van der Waals surface area contributed by atoms with Gasteiger partial charge in [0.15, 0.2) is 5.82 Å². The van der Waals surface area contributed by atoms with Crippen molar-refractivity contribution in [3.63, 3.8) is 0 Å². The summed E-state index contributed by atoms with van der Waals surface area (Å²) in [6, 6.07) is 8.90. The number of ether oxygens (including phenoxy) is 1. The molecular formula is C25H20Cl2FN7O. The van der Waals surface area contributed by atoms with Crippen LogP contribution in [0.3, 0.4) is 0 Å². The molecule has 4 heterocycles. The molecule has 1 aliphatic carbocycles. The van der Waals surface area contributed by atoms with Gasteiger partial charge in [0.1, 0.15) is 17.2 Å². The number of benzene rings is 2. The van der Waals surface area contributed by atoms with Crippen LogP contribution >= 0.6 is 23.2 Å². The number of nitrogens with one attached hydrogen (secondary N) is 1. The van der Waals surface area contributed by atoms with Gasteiger partial charge in [0.2, 0.25) is 5.28 Å². The van der Waals surface area contributed by atoms with Crippen molar-refractivity contribution < 1.29 is 9.13 Å². The molecule has 2 aromatic carbocycles. The highest BCUT2D eigenvalue weighted by Gasteiger charge is 2.32. The van der Waals surface area contributed by atoms with Crippen molar-refractivity contribution in [1.29, 1.82) is 0 Å². The predicted molar refractivity (Wildman–Crippen MR) is 137 cm³/mol. The highest BCUT2D eigenvalue weighted by atomic mass is 35.5. The lowest BCUT2D eigenvalue weighted by Crippen LogP contribution is -2.36. The average Bonchev–Trinajstić information content (AvgIpc) is 3.55. The fraction of sp³-hybridized carbons (Fsp3) is 0.280. The minimum absolute atomic E-state index is 0.202. The largest absolute Gasteiger partial charge is 0.378 e. The van der Waals surface area contributed by atoms with Crippen LogP contribution in [0, 0.1) is 5.82 Å². The number of hydrogen-bond acceptors (Lipinski definition) is 6. The summed E-state index contributed by atoms with van der Waals surface area (Å²) in [6.07, 6.45) is 3.71. The Morgan fingerprint density at radius 1 is 1.03 bits per heavy atom. The molecule has 1 saturated carbocycles. The van der Waals surface area contributed by atoms with Gasteiger partial charge in [-0.05, 0) is 54.8 Å². The van der Waals surface area contributed by atoms with Gasteiger partial charge in [0.25, 0.3) is 0 Å². The molecule has 36 heavy (non-hydrogen) atoms. The maximum atomic E-state index is 15.3. The van der Waals surface area contributed by atoms with Crippen molar-refractivity contribution >= 4 is 50.8 Å². The topological polar surface area (TPSA) is 84.8 Å². The number of rotatable bonds is 4. The van der Waals surface area contributed by atoms with E-state index in [1.165, 1.54) is 12.1 Å². The van der Waals surface area contributed by atoms with Crippen LogP contribution in [0.1, 0.15) is 24.6 Å². The summed E-state index contributed by atoms with van der Waals surface area (Å²) in [6.45, 7) is 2.81. The molecule has 0 spiro atoms. The van der Waals surface area contributed by atoms with Crippen LogP contribution in [0.25, 0.3) is 39.0 Å². The number of imidazole rings is 1. The van der Waals surface area contributed by atoms with Crippen LogP contribution in [0.4, 0.5) is 10.1 Å². The van der Waals surface area contributed by atoms with Crippen molar-refractivity contribution in [2.24, 2.45) is 0 Å². The van der Waals surface area contributed by atoms with Crippen molar-refractivity contribution in [3.05, 3.63) is 58.5 Å². The monoisotopic (exact) mass is 523 g/mol. The fourth-order valence-electron chi connectivity index (χ4n) is 4.96. The van der Waals surface area contributed by atoms with Crippen molar-refractivity contribution in [3.8, 4) is 17.1 Å². The molecule has 0 amide bonds. The SMILES string of the molecule is Fc1ccc(Cl)c2nccc(-n3c(C4CC4)nc4c(-c5nnc(Cl)[nH]5)cc(N5CCOCC5)cc43)c12. The molecule has 7 rings (SSSR count). The number of anilines is 1. The number of fused-ring (bicyclic) bond motifs is 2. The van der Waals surface area contributed by atoms with Crippen LogP contribution in [0.5, 0.6) is 0 Å². The van der Waals surface area contributed by atoms with Crippen LogP contribution in [0.2, 0.25) is 10.3 Å². The van der Waals surface area contributed by atoms with Gasteiger partial charge in [-0.15, -0.1) is 10.2 Å². The van der Waals surface area contributed by atoms with E-state index in [1.807, 2.05) is 6.07 Å². The number of aromatic nitrogens is 6. The van der Waals surface area contributed by atoms with Crippen LogP contribution in [0.15, 0.2) is 36.5 Å². The molecule has 8 nitrogen and oxygen atoms in total. The summed E-state index contributed by atoms with van der Waals surface area (Å²) in [5.41, 5.74) is 4.44. The first-order chi connectivity index (χ1) is 17.6. The first kappa shape index (κ1) is 22.0. The van der Waals surface area contributed by atoms with E-state index in [4.69, 9.17) is 32.9 Å². The Morgan fingerprint density at radius 2 is 1.86 bits per heavy atom. The van der Waals surface area contributed by atoms with Crippen LogP contribution in [-0.4, -0.2) is 56.0 Å². The van der Waals surface area contributed by atoms with Crippen molar-refractivity contribution in [2.45, 2.75) is 18.8 Å². The van der Waals surface area contributed by atoms with Crippen molar-refractivity contribution in [1.82, 2.24) is 29.7 Å². The number of H-pyrrole nitrogens is 1. The minimum atomic E-state index is -0.382. The van der Waals surface area contributed by atoms with Crippen LogP contribution < -0.4 is 4.90 Å².